The molecule has 0 saturated carbocycles. The molecule has 6 heterocycles. The van der Waals surface area contributed by atoms with Crippen LogP contribution in [0.5, 0.6) is 0 Å². The van der Waals surface area contributed by atoms with Gasteiger partial charge in [0.1, 0.15) is 11.6 Å². The maximum atomic E-state index is 4.41. The number of fused-ring (bicyclic) bond motifs is 1. The van der Waals surface area contributed by atoms with E-state index in [1.807, 2.05) is 76.0 Å². The SMILES string of the molecule is CC(C)c1cc[c-]c(N2[CH-]N(C)c3nccnc32)c1.[Ir].[c-]1cccnc1N1C=CN(CCCCN2C=CN(c3[c-]cccn3)[CH-]2)[CH-]1. The smallest absolute Gasteiger partial charge is 0.143 e. The molecule has 0 saturated heterocycles. The van der Waals surface area contributed by atoms with Crippen molar-refractivity contribution in [2.75, 3.05) is 39.7 Å². The van der Waals surface area contributed by atoms with Crippen molar-refractivity contribution < 1.29 is 20.1 Å². The van der Waals surface area contributed by atoms with Crippen LogP contribution in [0, 0.1) is 38.2 Å². The second-order valence-electron chi connectivity index (χ2n) is 11.0. The first-order valence-electron chi connectivity index (χ1n) is 15.0. The Morgan fingerprint density at radius 1 is 0.696 bits per heavy atom. The average Bonchev–Trinajstić information content (AvgIpc) is 3.84. The molecule has 241 valence electrons. The average molecular weight is 789 g/mol. The zero-order valence-electron chi connectivity index (χ0n) is 26.1. The van der Waals surface area contributed by atoms with Gasteiger partial charge < -0.3 is 29.4 Å². The Kier molecular flexibility index (Phi) is 11.2. The monoisotopic (exact) mass is 789 g/mol. The Hall–Kier alpha value is -4.47. The van der Waals surface area contributed by atoms with Gasteiger partial charge in [0.25, 0.3) is 0 Å². The normalized spacial score (nSPS) is 15.0. The summed E-state index contributed by atoms with van der Waals surface area (Å²) in [7, 11) is 1.97. The van der Waals surface area contributed by atoms with E-state index in [9.17, 15) is 0 Å². The molecular formula is C35H36IrN10-6. The van der Waals surface area contributed by atoms with Gasteiger partial charge in [-0.05, 0) is 63.7 Å². The summed E-state index contributed by atoms with van der Waals surface area (Å²) in [6.07, 6.45) is 17.4. The topological polar surface area (TPSA) is 71.0 Å². The Bertz CT molecular complexity index is 1520. The molecule has 0 bridgehead atoms. The van der Waals surface area contributed by atoms with E-state index >= 15 is 0 Å². The predicted molar refractivity (Wildman–Crippen MR) is 177 cm³/mol. The van der Waals surface area contributed by atoms with Gasteiger partial charge in [-0.15, -0.1) is 18.4 Å². The molecular weight excluding hydrogens is 753 g/mol. The third kappa shape index (κ3) is 8.02. The van der Waals surface area contributed by atoms with E-state index in [0.717, 1.165) is 54.9 Å². The van der Waals surface area contributed by atoms with Crippen LogP contribution in [0.3, 0.4) is 0 Å². The number of benzene rings is 1. The molecule has 0 spiro atoms. The van der Waals surface area contributed by atoms with Gasteiger partial charge in [-0.25, -0.2) is 34.2 Å². The number of aromatic nitrogens is 4. The number of unbranched alkanes of at least 4 members (excludes halogenated alkanes) is 1. The summed E-state index contributed by atoms with van der Waals surface area (Å²) in [4.78, 5) is 29.7. The van der Waals surface area contributed by atoms with Gasteiger partial charge >= 0.3 is 0 Å². The van der Waals surface area contributed by atoms with Crippen molar-refractivity contribution in [2.45, 2.75) is 32.6 Å². The number of nitrogens with zero attached hydrogens (tertiary/aromatic N) is 10. The minimum absolute atomic E-state index is 0. The molecule has 0 N–H and O–H groups in total. The number of hydrogen-bond acceptors (Lipinski definition) is 10. The number of anilines is 5. The van der Waals surface area contributed by atoms with Gasteiger partial charge in [-0.3, -0.25) is 9.97 Å². The summed E-state index contributed by atoms with van der Waals surface area (Å²) in [5.74, 6) is 3.84. The van der Waals surface area contributed by atoms with E-state index in [1.165, 1.54) is 5.56 Å². The molecule has 3 aromatic heterocycles. The summed E-state index contributed by atoms with van der Waals surface area (Å²) < 4.78 is 0. The van der Waals surface area contributed by atoms with Crippen LogP contribution in [0.4, 0.5) is 29.0 Å². The van der Waals surface area contributed by atoms with Crippen molar-refractivity contribution in [2.24, 2.45) is 0 Å². The quantitative estimate of drug-likeness (QED) is 0.147. The van der Waals surface area contributed by atoms with Gasteiger partial charge in [-0.1, -0.05) is 26.2 Å². The molecule has 7 rings (SSSR count). The Balaban J connectivity index is 0.000000186. The molecule has 3 aliphatic heterocycles. The third-order valence-electron chi connectivity index (χ3n) is 7.39. The number of rotatable bonds is 9. The van der Waals surface area contributed by atoms with E-state index in [2.05, 4.69) is 99.7 Å². The number of hydrogen-bond donors (Lipinski definition) is 0. The van der Waals surface area contributed by atoms with E-state index in [-0.39, 0.29) is 20.1 Å². The largest absolute Gasteiger partial charge is 0.508 e. The van der Waals surface area contributed by atoms with Crippen LogP contribution in [0.1, 0.15) is 38.2 Å². The molecule has 1 radical (unpaired) electrons. The van der Waals surface area contributed by atoms with Crippen molar-refractivity contribution in [3.8, 4) is 0 Å². The Morgan fingerprint density at radius 3 is 1.83 bits per heavy atom. The van der Waals surface area contributed by atoms with E-state index in [0.29, 0.717) is 5.92 Å². The van der Waals surface area contributed by atoms with Crippen molar-refractivity contribution in [1.29, 1.82) is 0 Å². The van der Waals surface area contributed by atoms with E-state index in [4.69, 9.17) is 0 Å². The summed E-state index contributed by atoms with van der Waals surface area (Å²) in [5.41, 5.74) is 2.29. The number of pyridine rings is 2. The molecule has 4 aromatic rings. The summed E-state index contributed by atoms with van der Waals surface area (Å²) >= 11 is 0. The van der Waals surface area contributed by atoms with Crippen LogP contribution in [-0.2, 0) is 20.1 Å². The van der Waals surface area contributed by atoms with Gasteiger partial charge in [-0.2, -0.15) is 49.2 Å². The molecule has 0 fully saturated rings. The van der Waals surface area contributed by atoms with Gasteiger partial charge in [0.15, 0.2) is 0 Å². The zero-order valence-corrected chi connectivity index (χ0v) is 28.5. The molecule has 10 nitrogen and oxygen atoms in total. The second-order valence-corrected chi connectivity index (χ2v) is 11.0. The fourth-order valence-corrected chi connectivity index (χ4v) is 4.98. The summed E-state index contributed by atoms with van der Waals surface area (Å²) in [5, 5.41) is 0. The fraction of sp³-hybridized carbons (Fsp3) is 0.229. The van der Waals surface area contributed by atoms with E-state index < -0.39 is 0 Å². The van der Waals surface area contributed by atoms with E-state index in [1.54, 1.807) is 24.8 Å². The first-order valence-corrected chi connectivity index (χ1v) is 15.0. The molecule has 1 aromatic carbocycles. The van der Waals surface area contributed by atoms with Crippen molar-refractivity contribution in [3.63, 3.8) is 0 Å². The van der Waals surface area contributed by atoms with Crippen molar-refractivity contribution >= 4 is 29.0 Å². The predicted octanol–water partition coefficient (Wildman–Crippen LogP) is 6.09. The first-order chi connectivity index (χ1) is 22.0. The van der Waals surface area contributed by atoms with Crippen LogP contribution < -0.4 is 19.6 Å². The van der Waals surface area contributed by atoms with Crippen LogP contribution in [-0.4, -0.2) is 49.9 Å². The first kappa shape index (κ1) is 32.9. The van der Waals surface area contributed by atoms with Crippen LogP contribution in [0.2, 0.25) is 0 Å². The Labute approximate surface area is 286 Å². The van der Waals surface area contributed by atoms with Crippen molar-refractivity contribution in [1.82, 2.24) is 29.7 Å². The maximum Gasteiger partial charge on any atom is 0.143 e. The summed E-state index contributed by atoms with van der Waals surface area (Å²) in [6, 6.07) is 23.2. The van der Waals surface area contributed by atoms with Gasteiger partial charge in [0.05, 0.1) is 0 Å². The maximum absolute atomic E-state index is 4.41. The molecule has 0 amide bonds. The second kappa shape index (κ2) is 15.7. The molecule has 0 aliphatic carbocycles. The fourth-order valence-electron chi connectivity index (χ4n) is 4.98. The minimum Gasteiger partial charge on any atom is -0.508 e. The molecule has 11 heteroatoms. The molecule has 46 heavy (non-hydrogen) atoms. The van der Waals surface area contributed by atoms with Gasteiger partial charge in [0.2, 0.25) is 0 Å². The molecule has 3 aliphatic rings. The molecule has 0 unspecified atom stereocenters. The molecule has 0 atom stereocenters. The van der Waals surface area contributed by atoms with Gasteiger partial charge in [0, 0.05) is 44.1 Å². The van der Waals surface area contributed by atoms with Crippen LogP contribution in [0.25, 0.3) is 0 Å². The standard InChI is InChI=1S/C20H20N6.C15H16N4.Ir/c1-3-9-21-19(7-1)25-15-13-23(17-25)11-5-6-12-24-14-16-26(18-24)20-8-2-4-10-22-20;1-11(2)12-5-4-6-13(9-12)19-10-18(3)14-15(19)17-8-7-16-14;/h1-4,9-10,13-18H,5-6,11-12H2;4-5,7-11H,1-3H3;/q-4;-2;. The Morgan fingerprint density at radius 2 is 1.28 bits per heavy atom. The zero-order chi connectivity index (χ0) is 31.0. The van der Waals surface area contributed by atoms with Crippen LogP contribution >= 0.6 is 0 Å². The van der Waals surface area contributed by atoms with Crippen molar-refractivity contribution in [3.05, 3.63) is 136 Å². The summed E-state index contributed by atoms with van der Waals surface area (Å²) in [6.45, 7) is 12.4. The minimum atomic E-state index is 0. The third-order valence-corrected chi connectivity index (χ3v) is 7.39. The van der Waals surface area contributed by atoms with Crippen LogP contribution in [0.15, 0.2) is 92.1 Å².